The Morgan fingerprint density at radius 2 is 1.95 bits per heavy atom. The largest absolute Gasteiger partial charge is 0.381 e. The van der Waals surface area contributed by atoms with E-state index in [-0.39, 0.29) is 5.82 Å². The summed E-state index contributed by atoms with van der Waals surface area (Å²) < 4.78 is 18.3. The van der Waals surface area contributed by atoms with Crippen LogP contribution in [0.5, 0.6) is 0 Å². The predicted octanol–water partition coefficient (Wildman–Crippen LogP) is 2.55. The Labute approximate surface area is 126 Å². The van der Waals surface area contributed by atoms with Crippen molar-refractivity contribution in [2.75, 3.05) is 26.8 Å². The number of rotatable bonds is 8. The summed E-state index contributed by atoms with van der Waals surface area (Å²) in [5.41, 5.74) is 1.01. The fourth-order valence-corrected chi connectivity index (χ4v) is 1.71. The molecule has 0 bridgehead atoms. The lowest BCUT2D eigenvalue weighted by Crippen LogP contribution is -2.37. The molecule has 0 fully saturated rings. The van der Waals surface area contributed by atoms with Crippen molar-refractivity contribution in [3.8, 4) is 0 Å². The topological polar surface area (TPSA) is 45.7 Å². The monoisotopic (exact) mass is 295 g/mol. The number of halogens is 1. The van der Waals surface area contributed by atoms with E-state index in [1.165, 1.54) is 12.1 Å². The van der Waals surface area contributed by atoms with Crippen LogP contribution in [0.15, 0.2) is 29.3 Å². The van der Waals surface area contributed by atoms with Crippen molar-refractivity contribution in [1.29, 1.82) is 0 Å². The van der Waals surface area contributed by atoms with Gasteiger partial charge in [-0.15, -0.1) is 0 Å². The summed E-state index contributed by atoms with van der Waals surface area (Å²) in [6.45, 7) is 7.25. The van der Waals surface area contributed by atoms with E-state index in [0.717, 1.165) is 37.7 Å². The second-order valence-electron chi connectivity index (χ2n) is 5.30. The molecule has 5 heteroatoms. The molecule has 1 aromatic rings. The van der Waals surface area contributed by atoms with E-state index in [9.17, 15) is 4.39 Å². The van der Waals surface area contributed by atoms with Crippen molar-refractivity contribution in [3.05, 3.63) is 35.6 Å². The van der Waals surface area contributed by atoms with Gasteiger partial charge >= 0.3 is 0 Å². The van der Waals surface area contributed by atoms with Gasteiger partial charge in [-0.1, -0.05) is 26.0 Å². The normalized spacial score (nSPS) is 11.8. The van der Waals surface area contributed by atoms with E-state index in [1.54, 1.807) is 19.2 Å². The molecule has 0 saturated heterocycles. The van der Waals surface area contributed by atoms with Gasteiger partial charge in [-0.05, 0) is 30.0 Å². The molecule has 0 aliphatic carbocycles. The number of hydrogen-bond donors (Lipinski definition) is 2. The fraction of sp³-hybridized carbons (Fsp3) is 0.562. The first-order valence-corrected chi connectivity index (χ1v) is 7.38. The summed E-state index contributed by atoms with van der Waals surface area (Å²) >= 11 is 0. The summed E-state index contributed by atoms with van der Waals surface area (Å²) in [6, 6.07) is 6.43. The molecule has 0 spiro atoms. The van der Waals surface area contributed by atoms with Crippen LogP contribution in [-0.4, -0.2) is 32.8 Å². The third-order valence-corrected chi connectivity index (χ3v) is 2.81. The first-order chi connectivity index (χ1) is 10.1. The van der Waals surface area contributed by atoms with Gasteiger partial charge in [0.05, 0.1) is 0 Å². The Hall–Kier alpha value is -1.62. The van der Waals surface area contributed by atoms with Crippen molar-refractivity contribution < 1.29 is 9.13 Å². The van der Waals surface area contributed by atoms with Crippen LogP contribution < -0.4 is 10.6 Å². The molecule has 0 amide bonds. The highest BCUT2D eigenvalue weighted by molar-refractivity contribution is 5.79. The maximum absolute atomic E-state index is 12.8. The van der Waals surface area contributed by atoms with Gasteiger partial charge in [-0.2, -0.15) is 0 Å². The highest BCUT2D eigenvalue weighted by atomic mass is 19.1. The molecular formula is C16H26FN3O. The van der Waals surface area contributed by atoms with E-state index >= 15 is 0 Å². The molecule has 118 valence electrons. The number of hydrogen-bond acceptors (Lipinski definition) is 2. The van der Waals surface area contributed by atoms with E-state index < -0.39 is 0 Å². The molecule has 0 aliphatic rings. The van der Waals surface area contributed by atoms with Crippen LogP contribution in [0.2, 0.25) is 0 Å². The SMILES string of the molecule is CN=C(NCCCOCC(C)C)NCc1ccc(F)cc1. The van der Waals surface area contributed by atoms with Crippen LogP contribution >= 0.6 is 0 Å². The van der Waals surface area contributed by atoms with E-state index in [0.29, 0.717) is 12.5 Å². The second kappa shape index (κ2) is 10.2. The van der Waals surface area contributed by atoms with Gasteiger partial charge in [0.2, 0.25) is 0 Å². The summed E-state index contributed by atoms with van der Waals surface area (Å²) in [5, 5.41) is 6.41. The van der Waals surface area contributed by atoms with Gasteiger partial charge < -0.3 is 15.4 Å². The van der Waals surface area contributed by atoms with Crippen molar-refractivity contribution in [3.63, 3.8) is 0 Å². The molecule has 2 N–H and O–H groups in total. The van der Waals surface area contributed by atoms with Gasteiger partial charge in [0.1, 0.15) is 5.82 Å². The predicted molar refractivity (Wildman–Crippen MR) is 84.9 cm³/mol. The molecule has 0 heterocycles. The minimum Gasteiger partial charge on any atom is -0.381 e. The maximum atomic E-state index is 12.8. The average Bonchev–Trinajstić information content (AvgIpc) is 2.47. The quantitative estimate of drug-likeness (QED) is 0.440. The fourth-order valence-electron chi connectivity index (χ4n) is 1.71. The summed E-state index contributed by atoms with van der Waals surface area (Å²) in [5.74, 6) is 1.09. The highest BCUT2D eigenvalue weighted by Gasteiger charge is 1.99. The third-order valence-electron chi connectivity index (χ3n) is 2.81. The number of guanidine groups is 1. The molecule has 0 aromatic heterocycles. The number of ether oxygens (including phenoxy) is 1. The van der Waals surface area contributed by atoms with Crippen LogP contribution in [0.4, 0.5) is 4.39 Å². The first-order valence-electron chi connectivity index (χ1n) is 7.38. The minimum atomic E-state index is -0.220. The molecule has 0 saturated carbocycles. The average molecular weight is 295 g/mol. The number of nitrogens with one attached hydrogen (secondary N) is 2. The Balaban J connectivity index is 2.16. The Morgan fingerprint density at radius 3 is 2.57 bits per heavy atom. The third kappa shape index (κ3) is 8.30. The van der Waals surface area contributed by atoms with E-state index in [1.807, 2.05) is 0 Å². The Bertz CT molecular complexity index is 418. The van der Waals surface area contributed by atoms with Crippen molar-refractivity contribution in [2.45, 2.75) is 26.8 Å². The zero-order valence-corrected chi connectivity index (χ0v) is 13.2. The van der Waals surface area contributed by atoms with Crippen molar-refractivity contribution >= 4 is 5.96 Å². The number of nitrogens with zero attached hydrogens (tertiary/aromatic N) is 1. The highest BCUT2D eigenvalue weighted by Crippen LogP contribution is 2.01. The maximum Gasteiger partial charge on any atom is 0.191 e. The molecule has 0 unspecified atom stereocenters. The molecule has 0 radical (unpaired) electrons. The van der Waals surface area contributed by atoms with Crippen LogP contribution in [0, 0.1) is 11.7 Å². The summed E-state index contributed by atoms with van der Waals surface area (Å²) in [7, 11) is 1.73. The number of aliphatic imine (C=N–C) groups is 1. The van der Waals surface area contributed by atoms with Crippen LogP contribution in [0.1, 0.15) is 25.8 Å². The molecule has 0 aliphatic heterocycles. The Morgan fingerprint density at radius 1 is 1.24 bits per heavy atom. The molecule has 4 nitrogen and oxygen atoms in total. The van der Waals surface area contributed by atoms with Crippen LogP contribution in [0.25, 0.3) is 0 Å². The van der Waals surface area contributed by atoms with Crippen molar-refractivity contribution in [1.82, 2.24) is 10.6 Å². The van der Waals surface area contributed by atoms with E-state index in [2.05, 4.69) is 29.5 Å². The zero-order valence-electron chi connectivity index (χ0n) is 13.2. The smallest absolute Gasteiger partial charge is 0.191 e. The zero-order chi connectivity index (χ0) is 15.5. The first kappa shape index (κ1) is 17.4. The molecule has 0 atom stereocenters. The summed E-state index contributed by atoms with van der Waals surface area (Å²) in [4.78, 5) is 4.15. The lowest BCUT2D eigenvalue weighted by Gasteiger charge is -2.12. The Kier molecular flexibility index (Phi) is 8.43. The van der Waals surface area contributed by atoms with Crippen LogP contribution in [-0.2, 0) is 11.3 Å². The van der Waals surface area contributed by atoms with Gasteiger partial charge in [-0.3, -0.25) is 4.99 Å². The molecular weight excluding hydrogens is 269 g/mol. The summed E-state index contributed by atoms with van der Waals surface area (Å²) in [6.07, 6.45) is 0.934. The van der Waals surface area contributed by atoms with Crippen molar-refractivity contribution in [2.24, 2.45) is 10.9 Å². The lowest BCUT2D eigenvalue weighted by atomic mass is 10.2. The van der Waals surface area contributed by atoms with Crippen LogP contribution in [0.3, 0.4) is 0 Å². The lowest BCUT2D eigenvalue weighted by molar-refractivity contribution is 0.108. The molecule has 1 aromatic carbocycles. The minimum absolute atomic E-state index is 0.220. The van der Waals surface area contributed by atoms with E-state index in [4.69, 9.17) is 4.74 Å². The number of benzene rings is 1. The molecule has 1 rings (SSSR count). The van der Waals surface area contributed by atoms with Gasteiger partial charge in [-0.25, -0.2) is 4.39 Å². The standard InChI is InChI=1S/C16H26FN3O/c1-13(2)12-21-10-4-9-19-16(18-3)20-11-14-5-7-15(17)8-6-14/h5-8,13H,4,9-12H2,1-3H3,(H2,18,19,20). The van der Waals surface area contributed by atoms with Gasteiger partial charge in [0.25, 0.3) is 0 Å². The second-order valence-corrected chi connectivity index (χ2v) is 5.30. The van der Waals surface area contributed by atoms with Gasteiger partial charge in [0.15, 0.2) is 5.96 Å². The molecule has 21 heavy (non-hydrogen) atoms. The van der Waals surface area contributed by atoms with Gasteiger partial charge in [0, 0.05) is 33.4 Å².